The van der Waals surface area contributed by atoms with Crippen LogP contribution in [0.2, 0.25) is 0 Å². The maximum atomic E-state index is 11.2. The highest BCUT2D eigenvalue weighted by atomic mass is 32.2. The van der Waals surface area contributed by atoms with Crippen LogP contribution in [-0.2, 0) is 14.8 Å². The Morgan fingerprint density at radius 1 is 1.50 bits per heavy atom. The lowest BCUT2D eigenvalue weighted by Gasteiger charge is -2.33. The van der Waals surface area contributed by atoms with E-state index in [4.69, 9.17) is 5.11 Å². The number of sulfonamides is 1. The fourth-order valence-corrected chi connectivity index (χ4v) is 2.72. The van der Waals surface area contributed by atoms with E-state index in [1.807, 2.05) is 0 Å². The van der Waals surface area contributed by atoms with Crippen molar-refractivity contribution < 1.29 is 18.3 Å². The molecule has 14 heavy (non-hydrogen) atoms. The number of hydrogen-bond donors (Lipinski definition) is 1. The molecule has 0 spiro atoms. The van der Waals surface area contributed by atoms with Gasteiger partial charge in [-0.15, -0.1) is 0 Å². The van der Waals surface area contributed by atoms with E-state index in [0.29, 0.717) is 19.5 Å². The zero-order valence-corrected chi connectivity index (χ0v) is 9.12. The summed E-state index contributed by atoms with van der Waals surface area (Å²) in [5, 5.41) is 8.83. The monoisotopic (exact) mass is 221 g/mol. The average molecular weight is 221 g/mol. The van der Waals surface area contributed by atoms with Gasteiger partial charge in [-0.25, -0.2) is 12.7 Å². The second-order valence-electron chi connectivity index (χ2n) is 3.83. The van der Waals surface area contributed by atoms with Crippen LogP contribution < -0.4 is 0 Å². The van der Waals surface area contributed by atoms with Gasteiger partial charge in [0.2, 0.25) is 10.0 Å². The lowest BCUT2D eigenvalue weighted by atomic mass is 9.88. The lowest BCUT2D eigenvalue weighted by Crippen LogP contribution is -2.44. The van der Waals surface area contributed by atoms with Crippen molar-refractivity contribution in [2.24, 2.45) is 11.8 Å². The third kappa shape index (κ3) is 2.45. The molecule has 0 bridgehead atoms. The Balaban J connectivity index is 2.69. The van der Waals surface area contributed by atoms with E-state index >= 15 is 0 Å². The first-order valence-electron chi connectivity index (χ1n) is 4.50. The summed E-state index contributed by atoms with van der Waals surface area (Å²) in [5.74, 6) is -1.35. The van der Waals surface area contributed by atoms with Crippen LogP contribution in [0.25, 0.3) is 0 Å². The standard InChI is InChI=1S/C8H15NO4S/c1-6-5-9(14(2,12)13)4-3-7(6)8(10)11/h6-7H,3-5H2,1-2H3,(H,10,11). The summed E-state index contributed by atoms with van der Waals surface area (Å²) in [6, 6.07) is 0. The molecule has 0 saturated carbocycles. The second-order valence-corrected chi connectivity index (χ2v) is 5.81. The maximum absolute atomic E-state index is 11.2. The van der Waals surface area contributed by atoms with Crippen molar-refractivity contribution in [1.82, 2.24) is 4.31 Å². The molecule has 0 aliphatic carbocycles. The minimum Gasteiger partial charge on any atom is -0.481 e. The Labute approximate surface area is 83.8 Å². The normalized spacial score (nSPS) is 30.1. The van der Waals surface area contributed by atoms with Crippen LogP contribution in [0.3, 0.4) is 0 Å². The van der Waals surface area contributed by atoms with E-state index in [2.05, 4.69) is 0 Å². The summed E-state index contributed by atoms with van der Waals surface area (Å²) in [6.45, 7) is 2.41. The van der Waals surface area contributed by atoms with Crippen molar-refractivity contribution in [1.29, 1.82) is 0 Å². The van der Waals surface area contributed by atoms with E-state index in [1.165, 1.54) is 4.31 Å². The van der Waals surface area contributed by atoms with Crippen LogP contribution in [0.15, 0.2) is 0 Å². The van der Waals surface area contributed by atoms with E-state index in [1.54, 1.807) is 6.92 Å². The molecule has 2 atom stereocenters. The van der Waals surface area contributed by atoms with Gasteiger partial charge in [0.15, 0.2) is 0 Å². The molecule has 1 aliphatic heterocycles. The molecule has 0 radical (unpaired) electrons. The Kier molecular flexibility index (Phi) is 3.16. The maximum Gasteiger partial charge on any atom is 0.306 e. The highest BCUT2D eigenvalue weighted by Crippen LogP contribution is 2.24. The Morgan fingerprint density at radius 3 is 2.43 bits per heavy atom. The fourth-order valence-electron chi connectivity index (χ4n) is 1.78. The van der Waals surface area contributed by atoms with E-state index in [0.717, 1.165) is 6.26 Å². The van der Waals surface area contributed by atoms with Gasteiger partial charge in [-0.1, -0.05) is 6.92 Å². The molecule has 0 aromatic rings. The van der Waals surface area contributed by atoms with Crippen LogP contribution in [-0.4, -0.2) is 43.1 Å². The minimum absolute atomic E-state index is 0.115. The highest BCUT2D eigenvalue weighted by molar-refractivity contribution is 7.88. The lowest BCUT2D eigenvalue weighted by molar-refractivity contribution is -0.144. The van der Waals surface area contributed by atoms with Crippen molar-refractivity contribution in [3.05, 3.63) is 0 Å². The summed E-state index contributed by atoms with van der Waals surface area (Å²) < 4.78 is 23.7. The molecule has 5 nitrogen and oxygen atoms in total. The van der Waals surface area contributed by atoms with Crippen LogP contribution in [0.4, 0.5) is 0 Å². The molecule has 1 heterocycles. The minimum atomic E-state index is -3.17. The van der Waals surface area contributed by atoms with Crippen LogP contribution in [0.1, 0.15) is 13.3 Å². The number of nitrogens with zero attached hydrogens (tertiary/aromatic N) is 1. The number of rotatable bonds is 2. The first kappa shape index (κ1) is 11.5. The van der Waals surface area contributed by atoms with Gasteiger partial charge in [-0.05, 0) is 12.3 Å². The average Bonchev–Trinajstić information content (AvgIpc) is 2.01. The van der Waals surface area contributed by atoms with E-state index in [-0.39, 0.29) is 5.92 Å². The first-order valence-corrected chi connectivity index (χ1v) is 6.35. The molecular formula is C8H15NO4S. The zero-order chi connectivity index (χ0) is 10.9. The molecule has 0 amide bonds. The molecule has 1 fully saturated rings. The van der Waals surface area contributed by atoms with Gasteiger partial charge in [-0.3, -0.25) is 4.79 Å². The Bertz CT molecular complexity index is 324. The predicted molar refractivity (Wildman–Crippen MR) is 51.3 cm³/mol. The molecule has 1 aliphatic rings. The zero-order valence-electron chi connectivity index (χ0n) is 8.30. The van der Waals surface area contributed by atoms with Crippen LogP contribution in [0, 0.1) is 11.8 Å². The number of piperidine rings is 1. The van der Waals surface area contributed by atoms with Crippen molar-refractivity contribution >= 4 is 16.0 Å². The number of aliphatic carboxylic acids is 1. The van der Waals surface area contributed by atoms with Crippen molar-refractivity contribution in [3.8, 4) is 0 Å². The van der Waals surface area contributed by atoms with Crippen molar-refractivity contribution in [2.45, 2.75) is 13.3 Å². The predicted octanol–water partition coefficient (Wildman–Crippen LogP) is -0.0114. The van der Waals surface area contributed by atoms with Gasteiger partial charge >= 0.3 is 5.97 Å². The van der Waals surface area contributed by atoms with Gasteiger partial charge in [0, 0.05) is 13.1 Å². The molecule has 1 rings (SSSR count). The van der Waals surface area contributed by atoms with Gasteiger partial charge in [0.1, 0.15) is 0 Å². The van der Waals surface area contributed by atoms with Gasteiger partial charge in [-0.2, -0.15) is 0 Å². The number of carboxylic acid groups (broad SMARTS) is 1. The summed E-state index contributed by atoms with van der Waals surface area (Å²) in [5.41, 5.74) is 0. The topological polar surface area (TPSA) is 74.7 Å². The highest BCUT2D eigenvalue weighted by Gasteiger charge is 2.34. The molecule has 0 aromatic carbocycles. The van der Waals surface area contributed by atoms with Crippen molar-refractivity contribution in [2.75, 3.05) is 19.3 Å². The van der Waals surface area contributed by atoms with Crippen LogP contribution in [0.5, 0.6) is 0 Å². The quantitative estimate of drug-likeness (QED) is 0.711. The first-order chi connectivity index (χ1) is 6.32. The van der Waals surface area contributed by atoms with Crippen LogP contribution >= 0.6 is 0 Å². The Hall–Kier alpha value is -0.620. The number of carbonyl (C=O) groups is 1. The third-order valence-electron chi connectivity index (χ3n) is 2.65. The summed E-state index contributed by atoms with van der Waals surface area (Å²) >= 11 is 0. The fraction of sp³-hybridized carbons (Fsp3) is 0.875. The molecule has 82 valence electrons. The Morgan fingerprint density at radius 2 is 2.07 bits per heavy atom. The third-order valence-corrected chi connectivity index (χ3v) is 3.92. The second kappa shape index (κ2) is 3.86. The molecule has 6 heteroatoms. The smallest absolute Gasteiger partial charge is 0.306 e. The van der Waals surface area contributed by atoms with Gasteiger partial charge in [0.25, 0.3) is 0 Å². The number of hydrogen-bond acceptors (Lipinski definition) is 3. The molecule has 1 N–H and O–H groups in total. The largest absolute Gasteiger partial charge is 0.481 e. The molecular weight excluding hydrogens is 206 g/mol. The molecule has 1 saturated heterocycles. The molecule has 2 unspecified atom stereocenters. The molecule has 0 aromatic heterocycles. The van der Waals surface area contributed by atoms with Crippen molar-refractivity contribution in [3.63, 3.8) is 0 Å². The van der Waals surface area contributed by atoms with Gasteiger partial charge in [0.05, 0.1) is 12.2 Å². The number of carboxylic acids is 1. The summed E-state index contributed by atoms with van der Waals surface area (Å²) in [4.78, 5) is 10.8. The van der Waals surface area contributed by atoms with Gasteiger partial charge < -0.3 is 5.11 Å². The summed E-state index contributed by atoms with van der Waals surface area (Å²) in [6.07, 6.45) is 1.56. The van der Waals surface area contributed by atoms with E-state index in [9.17, 15) is 13.2 Å². The SMILES string of the molecule is CC1CN(S(C)(=O)=O)CCC1C(=O)O. The summed E-state index contributed by atoms with van der Waals surface area (Å²) in [7, 11) is -3.17. The van der Waals surface area contributed by atoms with E-state index < -0.39 is 21.9 Å².